The number of nitrogens with one attached hydrogen (secondary N) is 1. The average molecular weight is 325 g/mol. The van der Waals surface area contributed by atoms with Crippen LogP contribution in [0.2, 0.25) is 0 Å². The van der Waals surface area contributed by atoms with E-state index < -0.39 is 0 Å². The molecular weight excluding hydrogens is 302 g/mol. The largest absolute Gasteiger partial charge is 0.497 e. The van der Waals surface area contributed by atoms with Gasteiger partial charge in [-0.15, -0.1) is 0 Å². The van der Waals surface area contributed by atoms with E-state index in [1.165, 1.54) is 0 Å². The summed E-state index contributed by atoms with van der Waals surface area (Å²) in [6.07, 6.45) is 7.40. The maximum Gasteiger partial charge on any atom is 0.244 e. The minimum Gasteiger partial charge on any atom is -0.497 e. The van der Waals surface area contributed by atoms with Crippen LogP contribution in [0.5, 0.6) is 5.75 Å². The predicted molar refractivity (Wildman–Crippen MR) is 93.8 cm³/mol. The molecule has 126 valence electrons. The van der Waals surface area contributed by atoms with Crippen LogP contribution in [-0.2, 0) is 10.3 Å². The van der Waals surface area contributed by atoms with Gasteiger partial charge < -0.3 is 14.5 Å². The van der Waals surface area contributed by atoms with E-state index in [1.54, 1.807) is 19.3 Å². The molecular formula is C20H23NO3. The second kappa shape index (κ2) is 6.95. The van der Waals surface area contributed by atoms with E-state index in [-0.39, 0.29) is 11.4 Å². The third-order valence-electron chi connectivity index (χ3n) is 4.62. The fraction of sp³-hybridized carbons (Fsp3) is 0.350. The van der Waals surface area contributed by atoms with Crippen LogP contribution in [0, 0.1) is 6.92 Å². The lowest BCUT2D eigenvalue weighted by molar-refractivity contribution is -0.118. The highest BCUT2D eigenvalue weighted by Gasteiger charge is 2.36. The number of furan rings is 1. The van der Waals surface area contributed by atoms with Gasteiger partial charge in [0.1, 0.15) is 17.3 Å². The molecule has 1 fully saturated rings. The molecule has 1 aliphatic carbocycles. The van der Waals surface area contributed by atoms with Crippen LogP contribution in [0.4, 0.5) is 0 Å². The van der Waals surface area contributed by atoms with Crippen molar-refractivity contribution >= 4 is 12.0 Å². The molecule has 0 radical (unpaired) electrons. The van der Waals surface area contributed by atoms with E-state index >= 15 is 0 Å². The maximum absolute atomic E-state index is 12.4. The minimum atomic E-state index is -0.285. The molecule has 0 atom stereocenters. The quantitative estimate of drug-likeness (QED) is 0.838. The number of hydrogen-bond donors (Lipinski definition) is 1. The zero-order valence-electron chi connectivity index (χ0n) is 14.2. The Morgan fingerprint density at radius 2 is 1.88 bits per heavy atom. The van der Waals surface area contributed by atoms with Crippen molar-refractivity contribution in [2.75, 3.05) is 7.11 Å². The Labute approximate surface area is 142 Å². The highest BCUT2D eigenvalue weighted by Crippen LogP contribution is 2.39. The van der Waals surface area contributed by atoms with E-state index in [9.17, 15) is 4.79 Å². The highest BCUT2D eigenvalue weighted by atomic mass is 16.5. The predicted octanol–water partition coefficient (Wildman–Crippen LogP) is 4.20. The van der Waals surface area contributed by atoms with Gasteiger partial charge in [-0.05, 0) is 55.7 Å². The molecule has 0 unspecified atom stereocenters. The van der Waals surface area contributed by atoms with E-state index in [0.29, 0.717) is 5.76 Å². The molecule has 4 heteroatoms. The van der Waals surface area contributed by atoms with E-state index in [4.69, 9.17) is 9.15 Å². The molecule has 24 heavy (non-hydrogen) atoms. The Morgan fingerprint density at radius 1 is 1.17 bits per heavy atom. The summed E-state index contributed by atoms with van der Waals surface area (Å²) in [5.41, 5.74) is 0.851. The van der Waals surface area contributed by atoms with Crippen LogP contribution in [-0.4, -0.2) is 13.0 Å². The normalized spacial score (nSPS) is 16.4. The fourth-order valence-corrected chi connectivity index (χ4v) is 3.35. The van der Waals surface area contributed by atoms with Crippen LogP contribution >= 0.6 is 0 Å². The number of rotatable bonds is 5. The van der Waals surface area contributed by atoms with Crippen molar-refractivity contribution in [2.45, 2.75) is 38.1 Å². The van der Waals surface area contributed by atoms with E-state index in [2.05, 4.69) is 5.32 Å². The molecule has 1 aromatic heterocycles. The Morgan fingerprint density at radius 3 is 2.46 bits per heavy atom. The molecule has 0 spiro atoms. The molecule has 0 bridgehead atoms. The summed E-state index contributed by atoms with van der Waals surface area (Å²) >= 11 is 0. The lowest BCUT2D eigenvalue weighted by Crippen LogP contribution is -2.43. The average Bonchev–Trinajstić information content (AvgIpc) is 3.23. The molecule has 1 heterocycles. The summed E-state index contributed by atoms with van der Waals surface area (Å²) in [5, 5.41) is 3.21. The third-order valence-corrected chi connectivity index (χ3v) is 4.62. The number of aryl methyl sites for hydroxylation is 1. The van der Waals surface area contributed by atoms with Crippen LogP contribution in [0.3, 0.4) is 0 Å². The summed E-state index contributed by atoms with van der Waals surface area (Å²) in [4.78, 5) is 12.4. The fourth-order valence-electron chi connectivity index (χ4n) is 3.35. The zero-order chi connectivity index (χ0) is 17.0. The molecule has 0 aliphatic heterocycles. The molecule has 2 aromatic rings. The number of benzene rings is 1. The standard InChI is InChI=1S/C20H23NO3/c1-15-5-8-18(24-15)11-12-19(22)21-20(13-3-4-14-20)16-6-9-17(23-2)10-7-16/h5-12H,3-4,13-14H2,1-2H3,(H,21,22)/b12-11+. The number of ether oxygens (including phenoxy) is 1. The lowest BCUT2D eigenvalue weighted by atomic mass is 9.88. The summed E-state index contributed by atoms with van der Waals surface area (Å²) < 4.78 is 10.7. The van der Waals surface area contributed by atoms with Gasteiger partial charge in [0, 0.05) is 6.08 Å². The van der Waals surface area contributed by atoms with Crippen LogP contribution in [0.15, 0.2) is 46.9 Å². The first-order valence-electron chi connectivity index (χ1n) is 8.32. The van der Waals surface area contributed by atoms with Gasteiger partial charge in [0.15, 0.2) is 0 Å². The van der Waals surface area contributed by atoms with Crippen LogP contribution < -0.4 is 10.1 Å². The number of hydrogen-bond acceptors (Lipinski definition) is 3. The van der Waals surface area contributed by atoms with Crippen molar-refractivity contribution in [3.05, 3.63) is 59.6 Å². The summed E-state index contributed by atoms with van der Waals surface area (Å²) in [5.74, 6) is 2.25. The van der Waals surface area contributed by atoms with Gasteiger partial charge in [-0.1, -0.05) is 25.0 Å². The van der Waals surface area contributed by atoms with Gasteiger partial charge in [0.2, 0.25) is 5.91 Å². The SMILES string of the molecule is COc1ccc(C2(NC(=O)/C=C/c3ccc(C)o3)CCCC2)cc1. The van der Waals surface area contributed by atoms with Gasteiger partial charge in [0.25, 0.3) is 0 Å². The van der Waals surface area contributed by atoms with Crippen molar-refractivity contribution in [2.24, 2.45) is 0 Å². The highest BCUT2D eigenvalue weighted by molar-refractivity contribution is 5.92. The minimum absolute atomic E-state index is 0.0956. The van der Waals surface area contributed by atoms with Crippen molar-refractivity contribution in [1.82, 2.24) is 5.32 Å². The molecule has 1 aliphatic rings. The summed E-state index contributed by atoms with van der Waals surface area (Å²) in [6, 6.07) is 11.7. The Hall–Kier alpha value is -2.49. The summed E-state index contributed by atoms with van der Waals surface area (Å²) in [7, 11) is 1.66. The van der Waals surface area contributed by atoms with Gasteiger partial charge >= 0.3 is 0 Å². The Balaban J connectivity index is 1.75. The number of methoxy groups -OCH3 is 1. The van der Waals surface area contributed by atoms with Crippen LogP contribution in [0.1, 0.15) is 42.8 Å². The van der Waals surface area contributed by atoms with Gasteiger partial charge in [-0.3, -0.25) is 4.79 Å². The molecule has 1 saturated carbocycles. The first-order valence-corrected chi connectivity index (χ1v) is 8.32. The van der Waals surface area contributed by atoms with Crippen molar-refractivity contribution in [3.8, 4) is 5.75 Å². The lowest BCUT2D eigenvalue weighted by Gasteiger charge is -2.30. The molecule has 0 saturated heterocycles. The molecule has 1 amide bonds. The molecule has 1 aromatic carbocycles. The first-order chi connectivity index (χ1) is 11.6. The first kappa shape index (κ1) is 16.4. The third kappa shape index (κ3) is 3.53. The van der Waals surface area contributed by atoms with Gasteiger partial charge in [-0.2, -0.15) is 0 Å². The number of carbonyl (C=O) groups excluding carboxylic acids is 1. The second-order valence-corrected chi connectivity index (χ2v) is 6.29. The maximum atomic E-state index is 12.4. The summed E-state index contributed by atoms with van der Waals surface area (Å²) in [6.45, 7) is 1.88. The molecule has 4 nitrogen and oxygen atoms in total. The van der Waals surface area contributed by atoms with Crippen molar-refractivity contribution in [1.29, 1.82) is 0 Å². The monoisotopic (exact) mass is 325 g/mol. The Kier molecular flexibility index (Phi) is 4.74. The number of carbonyl (C=O) groups is 1. The second-order valence-electron chi connectivity index (χ2n) is 6.29. The topological polar surface area (TPSA) is 51.5 Å². The van der Waals surface area contributed by atoms with E-state index in [1.807, 2.05) is 43.3 Å². The van der Waals surface area contributed by atoms with E-state index in [0.717, 1.165) is 42.8 Å². The van der Waals surface area contributed by atoms with Gasteiger partial charge in [0.05, 0.1) is 12.6 Å². The van der Waals surface area contributed by atoms with Gasteiger partial charge in [-0.25, -0.2) is 0 Å². The molecule has 3 rings (SSSR count). The van der Waals surface area contributed by atoms with Crippen molar-refractivity contribution in [3.63, 3.8) is 0 Å². The molecule has 1 N–H and O–H groups in total. The number of amides is 1. The van der Waals surface area contributed by atoms with Crippen LogP contribution in [0.25, 0.3) is 6.08 Å². The smallest absolute Gasteiger partial charge is 0.244 e. The van der Waals surface area contributed by atoms with Crippen molar-refractivity contribution < 1.29 is 13.9 Å². The Bertz CT molecular complexity index is 722. The zero-order valence-corrected chi connectivity index (χ0v) is 14.2.